The molecule has 1 N–H and O–H groups in total. The lowest BCUT2D eigenvalue weighted by molar-refractivity contribution is -0.136. The van der Waals surface area contributed by atoms with Crippen molar-refractivity contribution in [3.63, 3.8) is 0 Å². The number of fused-ring (bicyclic) bond motifs is 5. The highest BCUT2D eigenvalue weighted by Crippen LogP contribution is 2.38. The molecule has 5 aliphatic rings. The molecule has 2 aliphatic carbocycles. The Hall–Kier alpha value is -1.71. The molecule has 8 nitrogen and oxygen atoms in total. The van der Waals surface area contributed by atoms with Crippen LogP contribution in [0.1, 0.15) is 56.4 Å². The normalized spacial score (nSPS) is 32.4. The number of carbonyl (C=O) groups is 1. The van der Waals surface area contributed by atoms with E-state index in [2.05, 4.69) is 9.71 Å². The van der Waals surface area contributed by atoms with Gasteiger partial charge in [0.15, 0.2) is 6.61 Å². The summed E-state index contributed by atoms with van der Waals surface area (Å²) in [4.78, 5) is 19.1. The molecule has 2 saturated carbocycles. The highest BCUT2D eigenvalue weighted by atomic mass is 32.2. The molecule has 6 rings (SSSR count). The van der Waals surface area contributed by atoms with E-state index >= 15 is 0 Å². The first-order valence-corrected chi connectivity index (χ1v) is 12.6. The number of nitrogens with one attached hydrogen (secondary N) is 1. The Morgan fingerprint density at radius 3 is 2.67 bits per heavy atom. The van der Waals surface area contributed by atoms with Crippen LogP contribution < -0.4 is 9.46 Å². The zero-order chi connectivity index (χ0) is 20.7. The molecule has 1 amide bonds. The third kappa shape index (κ3) is 4.07. The first-order valence-electron chi connectivity index (χ1n) is 11.0. The third-order valence-electron chi connectivity index (χ3n) is 6.89. The van der Waals surface area contributed by atoms with Gasteiger partial charge in [0.05, 0.1) is 24.0 Å². The molecule has 2 bridgehead atoms. The number of rotatable bonds is 3. The molecule has 3 aliphatic heterocycles. The summed E-state index contributed by atoms with van der Waals surface area (Å²) in [7, 11) is -3.33. The summed E-state index contributed by atoms with van der Waals surface area (Å²) in [5, 5.41) is -0.279. The molecule has 1 aromatic heterocycles. The summed E-state index contributed by atoms with van der Waals surface area (Å²) in [5.41, 5.74) is 1.07. The van der Waals surface area contributed by atoms with E-state index < -0.39 is 10.0 Å². The smallest absolute Gasteiger partial charge is 0.260 e. The number of sulfonamides is 1. The van der Waals surface area contributed by atoms with Crippen LogP contribution in [0.2, 0.25) is 0 Å². The monoisotopic (exact) mass is 435 g/mol. The van der Waals surface area contributed by atoms with Crippen LogP contribution >= 0.6 is 0 Å². The van der Waals surface area contributed by atoms with Crippen LogP contribution in [0.15, 0.2) is 18.3 Å². The predicted octanol–water partition coefficient (Wildman–Crippen LogP) is 1.57. The fraction of sp³-hybridized carbons (Fsp3) is 0.714. The molecule has 1 aromatic rings. The SMILES string of the molecule is O=C1COc2ncccc2C2CCC(CC2)OCC2[C@@H](NS(=O)(=O)C3CC3)CCN12. The Balaban J connectivity index is 1.38. The second kappa shape index (κ2) is 8.09. The lowest BCUT2D eigenvalue weighted by atomic mass is 9.83. The maximum absolute atomic E-state index is 13.0. The minimum Gasteiger partial charge on any atom is -0.467 e. The highest BCUT2D eigenvalue weighted by molar-refractivity contribution is 7.90. The number of ether oxygens (including phenoxy) is 2. The van der Waals surface area contributed by atoms with Gasteiger partial charge in [-0.25, -0.2) is 18.1 Å². The summed E-state index contributed by atoms with van der Waals surface area (Å²) >= 11 is 0. The maximum atomic E-state index is 13.0. The van der Waals surface area contributed by atoms with Crippen LogP contribution in [-0.4, -0.2) is 67.4 Å². The number of aromatic nitrogens is 1. The molecule has 0 radical (unpaired) electrons. The topological polar surface area (TPSA) is 97.8 Å². The maximum Gasteiger partial charge on any atom is 0.260 e. The number of carbonyl (C=O) groups excluding carboxylic acids is 1. The van der Waals surface area contributed by atoms with Crippen LogP contribution in [-0.2, 0) is 19.6 Å². The molecule has 30 heavy (non-hydrogen) atoms. The van der Waals surface area contributed by atoms with E-state index in [1.165, 1.54) is 0 Å². The molecule has 4 heterocycles. The summed E-state index contributed by atoms with van der Waals surface area (Å²) in [6, 6.07) is 3.33. The van der Waals surface area contributed by atoms with Gasteiger partial charge in [-0.3, -0.25) is 4.79 Å². The van der Waals surface area contributed by atoms with Crippen LogP contribution in [0.4, 0.5) is 0 Å². The zero-order valence-corrected chi connectivity index (χ0v) is 17.9. The van der Waals surface area contributed by atoms with Gasteiger partial charge in [0, 0.05) is 24.3 Å². The van der Waals surface area contributed by atoms with Gasteiger partial charge >= 0.3 is 0 Å². The van der Waals surface area contributed by atoms with E-state index in [0.29, 0.717) is 31.4 Å². The number of amides is 1. The van der Waals surface area contributed by atoms with E-state index in [9.17, 15) is 13.2 Å². The number of hydrogen-bond acceptors (Lipinski definition) is 6. The lowest BCUT2D eigenvalue weighted by Crippen LogP contribution is -2.51. The zero-order valence-electron chi connectivity index (χ0n) is 17.0. The third-order valence-corrected chi connectivity index (χ3v) is 8.88. The lowest BCUT2D eigenvalue weighted by Gasteiger charge is -2.32. The Morgan fingerprint density at radius 1 is 1.10 bits per heavy atom. The second-order valence-electron chi connectivity index (χ2n) is 8.91. The molecule has 1 unspecified atom stereocenters. The number of pyridine rings is 1. The summed E-state index contributed by atoms with van der Waals surface area (Å²) in [5.74, 6) is 0.749. The van der Waals surface area contributed by atoms with Crippen LogP contribution in [0.5, 0.6) is 5.88 Å². The molecule has 2 atom stereocenters. The van der Waals surface area contributed by atoms with E-state index in [1.54, 1.807) is 11.1 Å². The van der Waals surface area contributed by atoms with Crippen LogP contribution in [0.3, 0.4) is 0 Å². The van der Waals surface area contributed by atoms with E-state index in [0.717, 1.165) is 44.1 Å². The average molecular weight is 436 g/mol. The summed E-state index contributed by atoms with van der Waals surface area (Å²) in [6.07, 6.45) is 7.73. The first-order chi connectivity index (χ1) is 14.5. The minimum atomic E-state index is -3.33. The van der Waals surface area contributed by atoms with Gasteiger partial charge in [-0.1, -0.05) is 6.07 Å². The standard InChI is InChI=1S/C21H29N3O5S/c25-20-13-29-21-17(2-1-10-22-21)14-3-5-15(6-4-14)28-12-19-18(9-11-24(19)20)23-30(26,27)16-7-8-16/h1-2,10,14-16,18-19,23H,3-9,11-13H2/t14?,15?,18-,19?/m0/s1. The van der Waals surface area contributed by atoms with Crippen molar-refractivity contribution in [2.45, 2.75) is 74.3 Å². The quantitative estimate of drug-likeness (QED) is 0.774. The molecule has 164 valence electrons. The van der Waals surface area contributed by atoms with Gasteiger partial charge in [-0.05, 0) is 56.9 Å². The first kappa shape index (κ1) is 20.2. The Morgan fingerprint density at radius 2 is 1.90 bits per heavy atom. The fourth-order valence-corrected chi connectivity index (χ4v) is 6.66. The molecule has 1 saturated heterocycles. The number of nitrogens with zero attached hydrogens (tertiary/aromatic N) is 2. The molecule has 0 spiro atoms. The van der Waals surface area contributed by atoms with Crippen molar-refractivity contribution in [2.75, 3.05) is 19.8 Å². The van der Waals surface area contributed by atoms with Crippen molar-refractivity contribution in [3.8, 4) is 5.88 Å². The summed E-state index contributed by atoms with van der Waals surface area (Å²) < 4.78 is 40.0. The van der Waals surface area contributed by atoms with Crippen LogP contribution in [0.25, 0.3) is 0 Å². The van der Waals surface area contributed by atoms with Crippen molar-refractivity contribution in [2.24, 2.45) is 0 Å². The van der Waals surface area contributed by atoms with Gasteiger partial charge in [0.2, 0.25) is 15.9 Å². The molecule has 3 fully saturated rings. The average Bonchev–Trinajstić information content (AvgIpc) is 3.54. The van der Waals surface area contributed by atoms with E-state index in [1.807, 2.05) is 12.1 Å². The Labute approximate surface area is 177 Å². The molecule has 0 aromatic carbocycles. The van der Waals surface area contributed by atoms with Crippen molar-refractivity contribution in [3.05, 3.63) is 23.9 Å². The molecular formula is C21H29N3O5S. The minimum absolute atomic E-state index is 0.0985. The van der Waals surface area contributed by atoms with Gasteiger partial charge in [-0.15, -0.1) is 0 Å². The van der Waals surface area contributed by atoms with E-state index in [-0.39, 0.29) is 36.0 Å². The van der Waals surface area contributed by atoms with Crippen LogP contribution in [0, 0.1) is 0 Å². The Kier molecular flexibility index (Phi) is 5.45. The van der Waals surface area contributed by atoms with Gasteiger partial charge in [0.1, 0.15) is 0 Å². The molecule has 9 heteroatoms. The van der Waals surface area contributed by atoms with Gasteiger partial charge in [0.25, 0.3) is 5.91 Å². The van der Waals surface area contributed by atoms with Gasteiger partial charge < -0.3 is 14.4 Å². The van der Waals surface area contributed by atoms with Crippen molar-refractivity contribution < 1.29 is 22.7 Å². The van der Waals surface area contributed by atoms with E-state index in [4.69, 9.17) is 9.47 Å². The predicted molar refractivity (Wildman–Crippen MR) is 110 cm³/mol. The second-order valence-corrected chi connectivity index (χ2v) is 10.9. The highest BCUT2D eigenvalue weighted by Gasteiger charge is 2.44. The van der Waals surface area contributed by atoms with Crippen molar-refractivity contribution in [1.82, 2.24) is 14.6 Å². The Bertz CT molecular complexity index is 896. The van der Waals surface area contributed by atoms with Crippen molar-refractivity contribution >= 4 is 15.9 Å². The summed E-state index contributed by atoms with van der Waals surface area (Å²) in [6.45, 7) is 0.749. The van der Waals surface area contributed by atoms with Gasteiger partial charge in [-0.2, -0.15) is 0 Å². The van der Waals surface area contributed by atoms with Crippen molar-refractivity contribution in [1.29, 1.82) is 0 Å². The number of hydrogen-bond donors (Lipinski definition) is 1. The largest absolute Gasteiger partial charge is 0.467 e. The fourth-order valence-electron chi connectivity index (χ4n) is 5.02. The molecular weight excluding hydrogens is 406 g/mol.